The predicted octanol–water partition coefficient (Wildman–Crippen LogP) is 4.10. The van der Waals surface area contributed by atoms with Gasteiger partial charge < -0.3 is 14.8 Å². The van der Waals surface area contributed by atoms with Gasteiger partial charge in [0.1, 0.15) is 11.9 Å². The third kappa shape index (κ3) is 1.39. The van der Waals surface area contributed by atoms with E-state index in [1.807, 2.05) is 12.1 Å². The van der Waals surface area contributed by atoms with E-state index in [1.165, 1.54) is 17.5 Å². The Bertz CT molecular complexity index is 868. The monoisotopic (exact) mass is 367 g/mol. The molecule has 27 heavy (non-hydrogen) atoms. The molecule has 0 bridgehead atoms. The summed E-state index contributed by atoms with van der Waals surface area (Å²) in [6, 6.07) is 6.34. The first kappa shape index (κ1) is 16.3. The number of benzene rings is 1. The Morgan fingerprint density at radius 1 is 1.26 bits per heavy atom. The molecule has 0 aromatic heterocycles. The Morgan fingerprint density at radius 2 is 2.07 bits per heavy atom. The van der Waals surface area contributed by atoms with Gasteiger partial charge in [-0.15, -0.1) is 0 Å². The number of rotatable bonds is 3. The summed E-state index contributed by atoms with van der Waals surface area (Å²) in [7, 11) is 1.71. The first-order chi connectivity index (χ1) is 12.8. The number of amides is 1. The summed E-state index contributed by atoms with van der Waals surface area (Å²) in [6.07, 6.45) is 5.02. The summed E-state index contributed by atoms with van der Waals surface area (Å²) in [5.41, 5.74) is 4.24. The van der Waals surface area contributed by atoms with Crippen LogP contribution >= 0.6 is 0 Å². The molecule has 6 rings (SSSR count). The van der Waals surface area contributed by atoms with E-state index in [0.29, 0.717) is 16.2 Å². The lowest BCUT2D eigenvalue weighted by atomic mass is 9.59. The van der Waals surface area contributed by atoms with Crippen molar-refractivity contribution in [1.82, 2.24) is 5.32 Å². The van der Waals surface area contributed by atoms with Gasteiger partial charge >= 0.3 is 6.09 Å². The van der Waals surface area contributed by atoms with Crippen LogP contribution in [0.15, 0.2) is 18.2 Å². The molecule has 0 saturated heterocycles. The van der Waals surface area contributed by atoms with E-state index in [0.717, 1.165) is 37.4 Å². The number of nitrogens with one attached hydrogen (secondary N) is 1. The van der Waals surface area contributed by atoms with Crippen LogP contribution in [0.1, 0.15) is 51.2 Å². The molecule has 0 heterocycles. The van der Waals surface area contributed by atoms with E-state index in [9.17, 15) is 4.79 Å². The molecule has 1 N–H and O–H groups in total. The van der Waals surface area contributed by atoms with Crippen LogP contribution in [-0.2, 0) is 17.6 Å². The Hall–Kier alpha value is -1.71. The van der Waals surface area contributed by atoms with Crippen LogP contribution in [0.3, 0.4) is 0 Å². The first-order valence-corrected chi connectivity index (χ1v) is 10.5. The van der Waals surface area contributed by atoms with E-state index < -0.39 is 0 Å². The molecular weight excluding hydrogens is 338 g/mol. The average Bonchev–Trinajstić information content (AvgIpc) is 3.26. The number of aryl methyl sites for hydroxylation is 1. The van der Waals surface area contributed by atoms with Crippen molar-refractivity contribution in [3.8, 4) is 5.75 Å². The van der Waals surface area contributed by atoms with Crippen molar-refractivity contribution >= 4 is 6.09 Å². The molecular formula is C23H29NO3. The highest BCUT2D eigenvalue weighted by Gasteiger charge is 3.15. The summed E-state index contributed by atoms with van der Waals surface area (Å²) >= 11 is 0. The fourth-order valence-corrected chi connectivity index (χ4v) is 9.13. The van der Waals surface area contributed by atoms with Gasteiger partial charge in [0, 0.05) is 11.5 Å². The maximum absolute atomic E-state index is 12.7. The summed E-state index contributed by atoms with van der Waals surface area (Å²) in [5.74, 6) is 1.71. The van der Waals surface area contributed by atoms with Gasteiger partial charge in [-0.05, 0) is 71.5 Å². The van der Waals surface area contributed by atoms with Crippen molar-refractivity contribution in [3.05, 3.63) is 29.3 Å². The summed E-state index contributed by atoms with van der Waals surface area (Å²) < 4.78 is 11.6. The molecule has 1 aromatic carbocycles. The van der Waals surface area contributed by atoms with Crippen molar-refractivity contribution in [1.29, 1.82) is 0 Å². The van der Waals surface area contributed by atoms with E-state index in [1.54, 1.807) is 7.11 Å². The van der Waals surface area contributed by atoms with Crippen molar-refractivity contribution in [2.45, 2.75) is 65.0 Å². The quantitative estimate of drug-likeness (QED) is 0.875. The van der Waals surface area contributed by atoms with Crippen LogP contribution in [0.5, 0.6) is 5.75 Å². The standard InChI is InChI=1S/C23H29NO3/c1-20-12-14-10-18(21(2)22(20,3)23(14,20)21)27-19(25)24-15-9-8-13-6-5-7-17(26-4)16(13)11-15/h5-7,14-15,18H,8-12H2,1-4H3,(H,24,25). The fraction of sp³-hybridized carbons (Fsp3) is 0.696. The molecule has 4 saturated carbocycles. The first-order valence-electron chi connectivity index (χ1n) is 10.5. The zero-order valence-electron chi connectivity index (χ0n) is 16.7. The summed E-state index contributed by atoms with van der Waals surface area (Å²) in [5, 5.41) is 3.16. The number of ether oxygens (including phenoxy) is 2. The fourth-order valence-electron chi connectivity index (χ4n) is 9.13. The van der Waals surface area contributed by atoms with Crippen molar-refractivity contribution in [2.24, 2.45) is 27.6 Å². The van der Waals surface area contributed by atoms with Gasteiger partial charge in [0.2, 0.25) is 0 Å². The normalized spacial score (nSPS) is 49.9. The largest absolute Gasteiger partial charge is 0.496 e. The lowest BCUT2D eigenvalue weighted by Crippen LogP contribution is -2.45. The van der Waals surface area contributed by atoms with E-state index in [4.69, 9.17) is 9.47 Å². The molecule has 7 unspecified atom stereocenters. The topological polar surface area (TPSA) is 47.6 Å². The molecule has 0 aliphatic heterocycles. The van der Waals surface area contributed by atoms with Crippen molar-refractivity contribution < 1.29 is 14.3 Å². The SMILES string of the molecule is COc1cccc2c1CC(NC(=O)OC1CC3CC4(C)C5(C)C1(C)C345)CC2. The molecule has 0 radical (unpaired) electrons. The highest BCUT2D eigenvalue weighted by atomic mass is 16.6. The molecule has 144 valence electrons. The lowest BCUT2D eigenvalue weighted by Gasteiger charge is -2.45. The molecule has 5 aliphatic rings. The molecule has 4 fully saturated rings. The van der Waals surface area contributed by atoms with Crippen LogP contribution in [0.2, 0.25) is 0 Å². The maximum atomic E-state index is 12.7. The van der Waals surface area contributed by atoms with Crippen molar-refractivity contribution in [2.75, 3.05) is 7.11 Å². The molecule has 4 heteroatoms. The Labute approximate surface area is 161 Å². The van der Waals surface area contributed by atoms with Gasteiger partial charge in [-0.1, -0.05) is 32.9 Å². The van der Waals surface area contributed by atoms with Crippen LogP contribution in [-0.4, -0.2) is 25.3 Å². The predicted molar refractivity (Wildman–Crippen MR) is 102 cm³/mol. The van der Waals surface area contributed by atoms with Crippen LogP contribution in [0, 0.1) is 27.6 Å². The highest BCUT2D eigenvalue weighted by Crippen LogP contribution is 3.17. The minimum Gasteiger partial charge on any atom is -0.496 e. The van der Waals surface area contributed by atoms with E-state index >= 15 is 0 Å². The van der Waals surface area contributed by atoms with Crippen molar-refractivity contribution in [3.63, 3.8) is 0 Å². The molecule has 7 atom stereocenters. The Kier molecular flexibility index (Phi) is 2.69. The third-order valence-corrected chi connectivity index (χ3v) is 10.1. The molecule has 1 spiro atoms. The van der Waals surface area contributed by atoms with Crippen LogP contribution in [0.4, 0.5) is 4.79 Å². The smallest absolute Gasteiger partial charge is 0.407 e. The Balaban J connectivity index is 1.13. The van der Waals surface area contributed by atoms with Gasteiger partial charge in [-0.3, -0.25) is 0 Å². The minimum absolute atomic E-state index is 0.0912. The molecule has 1 aromatic rings. The number of alkyl carbamates (subject to hydrolysis) is 1. The second-order valence-electron chi connectivity index (χ2n) is 10.2. The van der Waals surface area contributed by atoms with E-state index in [2.05, 4.69) is 32.2 Å². The van der Waals surface area contributed by atoms with Gasteiger partial charge in [0.15, 0.2) is 0 Å². The molecule has 4 nitrogen and oxygen atoms in total. The van der Waals surface area contributed by atoms with Crippen LogP contribution < -0.4 is 10.1 Å². The number of methoxy groups -OCH3 is 1. The average molecular weight is 367 g/mol. The van der Waals surface area contributed by atoms with E-state index in [-0.39, 0.29) is 23.7 Å². The summed E-state index contributed by atoms with van der Waals surface area (Å²) in [6.45, 7) is 7.25. The minimum atomic E-state index is -0.223. The van der Waals surface area contributed by atoms with Gasteiger partial charge in [0.25, 0.3) is 0 Å². The number of carbonyl (C=O) groups excluding carboxylic acids is 1. The highest BCUT2D eigenvalue weighted by molar-refractivity contribution is 5.70. The maximum Gasteiger partial charge on any atom is 0.407 e. The molecule has 5 aliphatic carbocycles. The molecule has 1 amide bonds. The van der Waals surface area contributed by atoms with Crippen LogP contribution in [0.25, 0.3) is 0 Å². The number of carbonyl (C=O) groups is 1. The van der Waals surface area contributed by atoms with Gasteiger partial charge in [-0.25, -0.2) is 4.79 Å². The number of hydrogen-bond acceptors (Lipinski definition) is 3. The zero-order valence-corrected chi connectivity index (χ0v) is 16.7. The lowest BCUT2D eigenvalue weighted by molar-refractivity contribution is -0.0173. The van der Waals surface area contributed by atoms with Gasteiger partial charge in [0.05, 0.1) is 7.11 Å². The second kappa shape index (κ2) is 4.47. The Morgan fingerprint density at radius 3 is 2.74 bits per heavy atom. The van der Waals surface area contributed by atoms with Gasteiger partial charge in [-0.2, -0.15) is 0 Å². The summed E-state index contributed by atoms with van der Waals surface area (Å²) in [4.78, 5) is 12.7. The second-order valence-corrected chi connectivity index (χ2v) is 10.2. The number of hydrogen-bond donors (Lipinski definition) is 1. The zero-order chi connectivity index (χ0) is 18.8. The third-order valence-electron chi connectivity index (χ3n) is 10.1. The number of fused-ring (bicyclic) bond motifs is 3.